The topological polar surface area (TPSA) is 72.5 Å². The Kier molecular flexibility index (Phi) is 3.19. The van der Waals surface area contributed by atoms with Gasteiger partial charge in [0.2, 0.25) is 0 Å². The van der Waals surface area contributed by atoms with Crippen LogP contribution in [-0.4, -0.2) is 17.2 Å². The molecule has 0 aliphatic rings. The van der Waals surface area contributed by atoms with E-state index in [-0.39, 0.29) is 11.7 Å². The quantitative estimate of drug-likeness (QED) is 0.747. The van der Waals surface area contributed by atoms with Crippen molar-refractivity contribution >= 4 is 11.7 Å². The Balaban J connectivity index is 3.17. The number of aryl methyl sites for hydroxylation is 1. The molecule has 82 valence electrons. The van der Waals surface area contributed by atoms with Gasteiger partial charge in [-0.25, -0.2) is 4.79 Å². The SMILES string of the molecule is Cc1cc(OC(C)C)cc(C(=O)O)c1N. The van der Waals surface area contributed by atoms with Crippen molar-refractivity contribution in [2.75, 3.05) is 5.73 Å². The molecule has 15 heavy (non-hydrogen) atoms. The van der Waals surface area contributed by atoms with Crippen LogP contribution < -0.4 is 10.5 Å². The number of hydrogen-bond donors (Lipinski definition) is 2. The molecule has 0 aliphatic heterocycles. The van der Waals surface area contributed by atoms with Crippen LogP contribution in [0.25, 0.3) is 0 Å². The highest BCUT2D eigenvalue weighted by Gasteiger charge is 2.12. The highest BCUT2D eigenvalue weighted by molar-refractivity contribution is 5.95. The Morgan fingerprint density at radius 2 is 2.07 bits per heavy atom. The van der Waals surface area contributed by atoms with Crippen molar-refractivity contribution in [1.29, 1.82) is 0 Å². The average molecular weight is 209 g/mol. The fourth-order valence-electron chi connectivity index (χ4n) is 1.28. The second kappa shape index (κ2) is 4.21. The lowest BCUT2D eigenvalue weighted by molar-refractivity contribution is 0.0697. The summed E-state index contributed by atoms with van der Waals surface area (Å²) in [4.78, 5) is 10.9. The van der Waals surface area contributed by atoms with Gasteiger partial charge in [-0.05, 0) is 38.5 Å². The van der Waals surface area contributed by atoms with Crippen molar-refractivity contribution in [2.24, 2.45) is 0 Å². The van der Waals surface area contributed by atoms with Gasteiger partial charge < -0.3 is 15.6 Å². The summed E-state index contributed by atoms with van der Waals surface area (Å²) in [5, 5.41) is 8.91. The lowest BCUT2D eigenvalue weighted by Crippen LogP contribution is -2.09. The van der Waals surface area contributed by atoms with E-state index in [4.69, 9.17) is 15.6 Å². The molecule has 3 N–H and O–H groups in total. The number of anilines is 1. The van der Waals surface area contributed by atoms with Crippen molar-refractivity contribution in [2.45, 2.75) is 26.9 Å². The number of carboxylic acids is 1. The second-order valence-electron chi connectivity index (χ2n) is 3.67. The number of hydrogen-bond acceptors (Lipinski definition) is 3. The lowest BCUT2D eigenvalue weighted by Gasteiger charge is -2.13. The molecule has 0 saturated carbocycles. The molecule has 1 aromatic rings. The van der Waals surface area contributed by atoms with E-state index in [2.05, 4.69) is 0 Å². The van der Waals surface area contributed by atoms with E-state index in [1.54, 1.807) is 13.0 Å². The van der Waals surface area contributed by atoms with Crippen LogP contribution in [0.4, 0.5) is 5.69 Å². The summed E-state index contributed by atoms with van der Waals surface area (Å²) in [6.07, 6.45) is 0.00895. The van der Waals surface area contributed by atoms with Gasteiger partial charge in [0.1, 0.15) is 5.75 Å². The first-order chi connectivity index (χ1) is 6.91. The summed E-state index contributed by atoms with van der Waals surface area (Å²) in [6, 6.07) is 3.19. The minimum atomic E-state index is -1.04. The molecular weight excluding hydrogens is 194 g/mol. The maximum Gasteiger partial charge on any atom is 0.337 e. The third-order valence-corrected chi connectivity index (χ3v) is 1.96. The van der Waals surface area contributed by atoms with Crippen LogP contribution in [-0.2, 0) is 0 Å². The Labute approximate surface area is 88.7 Å². The zero-order valence-corrected chi connectivity index (χ0v) is 9.07. The van der Waals surface area contributed by atoms with E-state index in [1.165, 1.54) is 6.07 Å². The van der Waals surface area contributed by atoms with Crippen LogP contribution in [0, 0.1) is 6.92 Å². The number of aromatic carboxylic acids is 1. The van der Waals surface area contributed by atoms with Gasteiger partial charge >= 0.3 is 5.97 Å². The normalized spacial score (nSPS) is 10.4. The van der Waals surface area contributed by atoms with Crippen LogP contribution >= 0.6 is 0 Å². The van der Waals surface area contributed by atoms with E-state index < -0.39 is 5.97 Å². The predicted octanol–water partition coefficient (Wildman–Crippen LogP) is 2.06. The van der Waals surface area contributed by atoms with Crippen LogP contribution in [0.15, 0.2) is 12.1 Å². The van der Waals surface area contributed by atoms with E-state index in [0.29, 0.717) is 17.0 Å². The van der Waals surface area contributed by atoms with Gasteiger partial charge in [0.05, 0.1) is 11.7 Å². The molecule has 0 amide bonds. The molecule has 0 heterocycles. The molecule has 0 saturated heterocycles. The number of rotatable bonds is 3. The molecule has 0 spiro atoms. The largest absolute Gasteiger partial charge is 0.491 e. The summed E-state index contributed by atoms with van der Waals surface area (Å²) < 4.78 is 5.42. The number of nitrogens with two attached hydrogens (primary N) is 1. The second-order valence-corrected chi connectivity index (χ2v) is 3.67. The maximum atomic E-state index is 10.9. The third-order valence-electron chi connectivity index (χ3n) is 1.96. The average Bonchev–Trinajstić information content (AvgIpc) is 2.09. The first-order valence-corrected chi connectivity index (χ1v) is 4.72. The number of carbonyl (C=O) groups is 1. The summed E-state index contributed by atoms with van der Waals surface area (Å²) in [5.41, 5.74) is 6.74. The third kappa shape index (κ3) is 2.62. The van der Waals surface area contributed by atoms with Crippen molar-refractivity contribution in [3.05, 3.63) is 23.3 Å². The van der Waals surface area contributed by atoms with E-state index in [1.807, 2.05) is 13.8 Å². The van der Waals surface area contributed by atoms with Crippen LogP contribution in [0.3, 0.4) is 0 Å². The minimum absolute atomic E-state index is 0.00895. The molecular formula is C11H15NO3. The minimum Gasteiger partial charge on any atom is -0.491 e. The van der Waals surface area contributed by atoms with E-state index in [0.717, 1.165) is 0 Å². The predicted molar refractivity (Wildman–Crippen MR) is 58.3 cm³/mol. The molecule has 0 fully saturated rings. The number of nitrogen functional groups attached to an aromatic ring is 1. The zero-order valence-electron chi connectivity index (χ0n) is 9.07. The van der Waals surface area contributed by atoms with E-state index in [9.17, 15) is 4.79 Å². The van der Waals surface area contributed by atoms with Gasteiger partial charge in [-0.1, -0.05) is 0 Å². The maximum absolute atomic E-state index is 10.9. The van der Waals surface area contributed by atoms with E-state index >= 15 is 0 Å². The fraction of sp³-hybridized carbons (Fsp3) is 0.364. The molecule has 0 atom stereocenters. The molecule has 4 nitrogen and oxygen atoms in total. The number of carboxylic acid groups (broad SMARTS) is 1. The van der Waals surface area contributed by atoms with Gasteiger partial charge in [-0.3, -0.25) is 0 Å². The number of ether oxygens (including phenoxy) is 1. The van der Waals surface area contributed by atoms with Crippen molar-refractivity contribution < 1.29 is 14.6 Å². The first-order valence-electron chi connectivity index (χ1n) is 4.72. The standard InChI is InChI=1S/C11H15NO3/c1-6(2)15-8-4-7(3)10(12)9(5-8)11(13)14/h4-6H,12H2,1-3H3,(H,13,14). The molecule has 0 aliphatic carbocycles. The highest BCUT2D eigenvalue weighted by Crippen LogP contribution is 2.25. The van der Waals surface area contributed by atoms with Gasteiger partial charge in [-0.2, -0.15) is 0 Å². The molecule has 4 heteroatoms. The Morgan fingerprint density at radius 1 is 1.47 bits per heavy atom. The lowest BCUT2D eigenvalue weighted by atomic mass is 10.1. The Hall–Kier alpha value is -1.71. The monoisotopic (exact) mass is 209 g/mol. The van der Waals surface area contributed by atoms with Crippen LogP contribution in [0.2, 0.25) is 0 Å². The summed E-state index contributed by atoms with van der Waals surface area (Å²) in [7, 11) is 0. The summed E-state index contributed by atoms with van der Waals surface area (Å²) in [5.74, 6) is -0.501. The van der Waals surface area contributed by atoms with Gasteiger partial charge in [0.15, 0.2) is 0 Å². The van der Waals surface area contributed by atoms with Crippen molar-refractivity contribution in [3.8, 4) is 5.75 Å². The van der Waals surface area contributed by atoms with Crippen molar-refractivity contribution in [1.82, 2.24) is 0 Å². The fourth-order valence-corrected chi connectivity index (χ4v) is 1.28. The summed E-state index contributed by atoms with van der Waals surface area (Å²) in [6.45, 7) is 5.52. The zero-order chi connectivity index (χ0) is 11.6. The smallest absolute Gasteiger partial charge is 0.337 e. The van der Waals surface area contributed by atoms with Crippen LogP contribution in [0.5, 0.6) is 5.75 Å². The van der Waals surface area contributed by atoms with Crippen molar-refractivity contribution in [3.63, 3.8) is 0 Å². The highest BCUT2D eigenvalue weighted by atomic mass is 16.5. The Morgan fingerprint density at radius 3 is 2.53 bits per heavy atom. The van der Waals surface area contributed by atoms with Crippen LogP contribution in [0.1, 0.15) is 29.8 Å². The molecule has 1 aromatic carbocycles. The molecule has 0 radical (unpaired) electrons. The molecule has 0 aromatic heterocycles. The first kappa shape index (κ1) is 11.4. The molecule has 1 rings (SSSR count). The Bertz CT molecular complexity index is 386. The summed E-state index contributed by atoms with van der Waals surface area (Å²) >= 11 is 0. The molecule has 0 bridgehead atoms. The number of benzene rings is 1. The molecule has 0 unspecified atom stereocenters. The van der Waals surface area contributed by atoms with Gasteiger partial charge in [0, 0.05) is 5.69 Å². The van der Waals surface area contributed by atoms with Gasteiger partial charge in [-0.15, -0.1) is 0 Å². The van der Waals surface area contributed by atoms with Gasteiger partial charge in [0.25, 0.3) is 0 Å².